The van der Waals surface area contributed by atoms with Crippen LogP contribution in [0, 0.1) is 21.4 Å². The quantitative estimate of drug-likeness (QED) is 0.483. The molecule has 2 aromatic rings. The molecule has 9 heteroatoms. The van der Waals surface area contributed by atoms with Gasteiger partial charge in [0.15, 0.2) is 0 Å². The summed E-state index contributed by atoms with van der Waals surface area (Å²) in [5.41, 5.74) is 0.916. The molecule has 7 nitrogen and oxygen atoms in total. The number of nitro groups is 1. The normalized spacial score (nSPS) is 11.3. The first-order chi connectivity index (χ1) is 12.3. The van der Waals surface area contributed by atoms with Crippen LogP contribution in [-0.2, 0) is 16.6 Å². The minimum atomic E-state index is -3.92. The second kappa shape index (κ2) is 8.40. The number of nitriles is 1. The van der Waals surface area contributed by atoms with Crippen LogP contribution in [0.15, 0.2) is 51.8 Å². The predicted octanol–water partition coefficient (Wildman–Crippen LogP) is 3.83. The number of hydrogen-bond donors (Lipinski definition) is 0. The van der Waals surface area contributed by atoms with E-state index in [-0.39, 0.29) is 23.7 Å². The average molecular weight is 438 g/mol. The Balaban J connectivity index is 2.41. The highest BCUT2D eigenvalue weighted by molar-refractivity contribution is 9.10. The molecule has 0 N–H and O–H groups in total. The minimum absolute atomic E-state index is 0.113. The van der Waals surface area contributed by atoms with E-state index in [1.54, 1.807) is 24.3 Å². The number of nitro benzene ring substituents is 1. The van der Waals surface area contributed by atoms with Crippen molar-refractivity contribution in [2.75, 3.05) is 6.54 Å². The second-order valence-corrected chi connectivity index (χ2v) is 8.40. The fourth-order valence-electron chi connectivity index (χ4n) is 2.37. The summed E-state index contributed by atoms with van der Waals surface area (Å²) >= 11 is 3.13. The molecule has 0 atom stereocenters. The van der Waals surface area contributed by atoms with Gasteiger partial charge in [0, 0.05) is 29.7 Å². The monoisotopic (exact) mass is 437 g/mol. The summed E-state index contributed by atoms with van der Waals surface area (Å²) in [6, 6.07) is 12.3. The molecule has 0 aliphatic rings. The van der Waals surface area contributed by atoms with Gasteiger partial charge in [0.25, 0.3) is 5.69 Å². The van der Waals surface area contributed by atoms with Crippen LogP contribution in [0.4, 0.5) is 5.69 Å². The van der Waals surface area contributed by atoms with Crippen LogP contribution in [0.25, 0.3) is 0 Å². The maximum absolute atomic E-state index is 13.0. The van der Waals surface area contributed by atoms with Crippen molar-refractivity contribution in [1.82, 2.24) is 4.31 Å². The zero-order valence-electron chi connectivity index (χ0n) is 13.9. The van der Waals surface area contributed by atoms with Gasteiger partial charge >= 0.3 is 0 Å². The molecule has 0 aliphatic heterocycles. The molecular formula is C17H16BrN3O4S. The lowest BCUT2D eigenvalue weighted by Crippen LogP contribution is -2.31. The largest absolute Gasteiger partial charge is 0.271 e. The van der Waals surface area contributed by atoms with Crippen molar-refractivity contribution in [3.05, 3.63) is 68.2 Å². The summed E-state index contributed by atoms with van der Waals surface area (Å²) in [6.07, 6.45) is 0.589. The van der Waals surface area contributed by atoms with Gasteiger partial charge in [-0.1, -0.05) is 35.0 Å². The van der Waals surface area contributed by atoms with Gasteiger partial charge in [0.1, 0.15) is 0 Å². The molecule has 2 rings (SSSR count). The van der Waals surface area contributed by atoms with Crippen molar-refractivity contribution in [3.63, 3.8) is 0 Å². The summed E-state index contributed by atoms with van der Waals surface area (Å²) in [6.45, 7) is 2.23. The molecule has 0 radical (unpaired) electrons. The number of sulfonamides is 1. The first-order valence-corrected chi connectivity index (χ1v) is 9.95. The third kappa shape index (κ3) is 4.66. The number of rotatable bonds is 7. The molecule has 0 saturated heterocycles. The van der Waals surface area contributed by atoms with E-state index in [0.717, 1.165) is 11.6 Å². The van der Waals surface area contributed by atoms with E-state index >= 15 is 0 Å². The lowest BCUT2D eigenvalue weighted by Gasteiger charge is -2.22. The van der Waals surface area contributed by atoms with Crippen LogP contribution in [0.5, 0.6) is 0 Å². The Hall–Kier alpha value is -2.28. The maximum atomic E-state index is 13.0. The summed E-state index contributed by atoms with van der Waals surface area (Å²) < 4.78 is 27.6. The molecule has 0 spiro atoms. The fourth-order valence-corrected chi connectivity index (χ4v) is 4.59. The van der Waals surface area contributed by atoms with Crippen molar-refractivity contribution in [2.45, 2.75) is 24.8 Å². The molecule has 0 unspecified atom stereocenters. The number of nitrogens with zero attached hydrogens (tertiary/aromatic N) is 3. The Morgan fingerprint density at radius 2 is 1.88 bits per heavy atom. The number of hydrogen-bond acceptors (Lipinski definition) is 5. The van der Waals surface area contributed by atoms with Crippen LogP contribution in [-0.4, -0.2) is 24.2 Å². The Labute approximate surface area is 160 Å². The molecule has 136 valence electrons. The van der Waals surface area contributed by atoms with E-state index in [2.05, 4.69) is 15.9 Å². The van der Waals surface area contributed by atoms with Gasteiger partial charge in [-0.2, -0.15) is 9.57 Å². The molecule has 0 bridgehead atoms. The van der Waals surface area contributed by atoms with Crippen molar-refractivity contribution < 1.29 is 13.3 Å². The zero-order chi connectivity index (χ0) is 19.3. The molecule has 0 heterocycles. The lowest BCUT2D eigenvalue weighted by atomic mass is 10.1. The van der Waals surface area contributed by atoms with Crippen LogP contribution >= 0.6 is 15.9 Å². The van der Waals surface area contributed by atoms with Gasteiger partial charge in [-0.3, -0.25) is 10.1 Å². The van der Waals surface area contributed by atoms with E-state index in [0.29, 0.717) is 16.5 Å². The van der Waals surface area contributed by atoms with Gasteiger partial charge in [-0.05, 0) is 30.2 Å². The fraction of sp³-hybridized carbons (Fsp3) is 0.235. The van der Waals surface area contributed by atoms with Crippen LogP contribution in [0.1, 0.15) is 24.5 Å². The van der Waals surface area contributed by atoms with Gasteiger partial charge in [-0.25, -0.2) is 8.42 Å². The summed E-state index contributed by atoms with van der Waals surface area (Å²) in [5, 5.41) is 19.9. The molecule has 26 heavy (non-hydrogen) atoms. The van der Waals surface area contributed by atoms with Gasteiger partial charge < -0.3 is 0 Å². The van der Waals surface area contributed by atoms with Crippen molar-refractivity contribution >= 4 is 31.6 Å². The van der Waals surface area contributed by atoms with Crippen molar-refractivity contribution in [3.8, 4) is 6.07 Å². The second-order valence-electron chi connectivity index (χ2n) is 5.55. The van der Waals surface area contributed by atoms with Crippen molar-refractivity contribution in [1.29, 1.82) is 5.26 Å². The Morgan fingerprint density at radius 3 is 2.42 bits per heavy atom. The Bertz CT molecular complexity index is 953. The topological polar surface area (TPSA) is 104 Å². The third-order valence-corrected chi connectivity index (χ3v) is 5.90. The molecule has 2 aromatic carbocycles. The first kappa shape index (κ1) is 20.0. The maximum Gasteiger partial charge on any atom is 0.271 e. The van der Waals surface area contributed by atoms with Gasteiger partial charge in [-0.15, -0.1) is 0 Å². The number of benzene rings is 2. The molecule has 0 aliphatic carbocycles. The molecule has 0 saturated carbocycles. The van der Waals surface area contributed by atoms with Crippen LogP contribution in [0.3, 0.4) is 0 Å². The van der Waals surface area contributed by atoms with Gasteiger partial charge in [0.05, 0.1) is 21.5 Å². The third-order valence-electron chi connectivity index (χ3n) is 3.62. The first-order valence-electron chi connectivity index (χ1n) is 7.72. The summed E-state index contributed by atoms with van der Waals surface area (Å²) in [5.74, 6) is 0. The number of non-ortho nitro benzene ring substituents is 1. The molecular weight excluding hydrogens is 422 g/mol. The Kier molecular flexibility index (Phi) is 6.47. The summed E-state index contributed by atoms with van der Waals surface area (Å²) in [7, 11) is -3.92. The molecule has 0 amide bonds. The summed E-state index contributed by atoms with van der Waals surface area (Å²) in [4.78, 5) is 10.3. The highest BCUT2D eigenvalue weighted by Crippen LogP contribution is 2.27. The minimum Gasteiger partial charge on any atom is -0.258 e. The van der Waals surface area contributed by atoms with E-state index in [4.69, 9.17) is 5.26 Å². The Morgan fingerprint density at radius 1 is 1.23 bits per heavy atom. The SMILES string of the molecule is CCCN(Cc1ccc(C#N)cc1)S(=O)(=O)c1cc(Br)cc([N+](=O)[O-])c1. The molecule has 0 aromatic heterocycles. The zero-order valence-corrected chi connectivity index (χ0v) is 16.3. The van der Waals surface area contributed by atoms with Gasteiger partial charge in [0.2, 0.25) is 10.0 Å². The smallest absolute Gasteiger partial charge is 0.258 e. The van der Waals surface area contributed by atoms with E-state index < -0.39 is 14.9 Å². The average Bonchev–Trinajstić information content (AvgIpc) is 2.61. The van der Waals surface area contributed by atoms with Crippen LogP contribution < -0.4 is 0 Å². The van der Waals surface area contributed by atoms with E-state index in [9.17, 15) is 18.5 Å². The van der Waals surface area contributed by atoms with E-state index in [1.165, 1.54) is 16.4 Å². The van der Waals surface area contributed by atoms with Crippen LogP contribution in [0.2, 0.25) is 0 Å². The lowest BCUT2D eigenvalue weighted by molar-refractivity contribution is -0.385. The highest BCUT2D eigenvalue weighted by Gasteiger charge is 2.26. The number of halogens is 1. The standard InChI is InChI=1S/C17H16BrN3O4S/c1-2-7-20(12-14-5-3-13(11-19)4-6-14)26(24,25)17-9-15(18)8-16(10-17)21(22)23/h3-6,8-10H,2,7,12H2,1H3. The van der Waals surface area contributed by atoms with Crippen molar-refractivity contribution in [2.24, 2.45) is 0 Å². The molecule has 0 fully saturated rings. The highest BCUT2D eigenvalue weighted by atomic mass is 79.9. The van der Waals surface area contributed by atoms with E-state index in [1.807, 2.05) is 13.0 Å². The predicted molar refractivity (Wildman–Crippen MR) is 99.8 cm³/mol.